The minimum Gasteiger partial charge on any atom is -0.381 e. The van der Waals surface area contributed by atoms with E-state index in [9.17, 15) is 0 Å². The van der Waals surface area contributed by atoms with Gasteiger partial charge in [0.15, 0.2) is 0 Å². The molecule has 2 atom stereocenters. The first kappa shape index (κ1) is 13.9. The second-order valence-corrected chi connectivity index (χ2v) is 5.49. The lowest BCUT2D eigenvalue weighted by atomic mass is 9.89. The lowest BCUT2D eigenvalue weighted by Gasteiger charge is -2.26. The quantitative estimate of drug-likeness (QED) is 0.878. The summed E-state index contributed by atoms with van der Waals surface area (Å²) in [7, 11) is 0. The molecular formula is C15H22ClNO. The Morgan fingerprint density at radius 2 is 2.33 bits per heavy atom. The summed E-state index contributed by atoms with van der Waals surface area (Å²) in [6.07, 6.45) is 2.29. The van der Waals surface area contributed by atoms with Gasteiger partial charge < -0.3 is 10.1 Å². The highest BCUT2D eigenvalue weighted by atomic mass is 35.5. The van der Waals surface area contributed by atoms with Crippen LogP contribution in [0.3, 0.4) is 0 Å². The van der Waals surface area contributed by atoms with Crippen LogP contribution in [0.4, 0.5) is 0 Å². The molecule has 0 radical (unpaired) electrons. The first-order valence-corrected chi connectivity index (χ1v) is 7.17. The number of rotatable bonds is 5. The summed E-state index contributed by atoms with van der Waals surface area (Å²) in [5, 5.41) is 4.48. The molecule has 1 heterocycles. The van der Waals surface area contributed by atoms with Crippen molar-refractivity contribution in [3.05, 3.63) is 34.3 Å². The summed E-state index contributed by atoms with van der Waals surface area (Å²) in [6, 6.07) is 6.58. The van der Waals surface area contributed by atoms with E-state index in [0.29, 0.717) is 12.0 Å². The molecule has 1 aliphatic rings. The highest BCUT2D eigenvalue weighted by molar-refractivity contribution is 6.30. The van der Waals surface area contributed by atoms with Crippen LogP contribution in [0.25, 0.3) is 0 Å². The van der Waals surface area contributed by atoms with Crippen molar-refractivity contribution in [2.24, 2.45) is 5.92 Å². The average molecular weight is 268 g/mol. The van der Waals surface area contributed by atoms with Gasteiger partial charge >= 0.3 is 0 Å². The molecule has 0 amide bonds. The van der Waals surface area contributed by atoms with Crippen molar-refractivity contribution in [2.75, 3.05) is 19.8 Å². The van der Waals surface area contributed by atoms with Gasteiger partial charge in [-0.25, -0.2) is 0 Å². The van der Waals surface area contributed by atoms with E-state index < -0.39 is 0 Å². The van der Waals surface area contributed by atoms with Crippen molar-refractivity contribution < 1.29 is 4.74 Å². The van der Waals surface area contributed by atoms with Crippen LogP contribution in [0.5, 0.6) is 0 Å². The van der Waals surface area contributed by atoms with Gasteiger partial charge in [0.2, 0.25) is 0 Å². The zero-order valence-corrected chi connectivity index (χ0v) is 12.0. The van der Waals surface area contributed by atoms with Crippen molar-refractivity contribution in [1.29, 1.82) is 0 Å². The van der Waals surface area contributed by atoms with Gasteiger partial charge in [-0.2, -0.15) is 0 Å². The Labute approximate surface area is 115 Å². The third-order valence-electron chi connectivity index (χ3n) is 3.62. The first-order chi connectivity index (χ1) is 8.72. The van der Waals surface area contributed by atoms with E-state index >= 15 is 0 Å². The van der Waals surface area contributed by atoms with Crippen LogP contribution in [0.15, 0.2) is 18.2 Å². The Morgan fingerprint density at radius 3 is 2.94 bits per heavy atom. The largest absolute Gasteiger partial charge is 0.381 e. The summed E-state index contributed by atoms with van der Waals surface area (Å²) >= 11 is 6.04. The number of ether oxygens (including phenoxy) is 1. The molecule has 1 aromatic carbocycles. The molecule has 1 fully saturated rings. The van der Waals surface area contributed by atoms with Crippen molar-refractivity contribution in [3.8, 4) is 0 Å². The number of hydrogen-bond donors (Lipinski definition) is 1. The topological polar surface area (TPSA) is 21.3 Å². The second kappa shape index (κ2) is 6.55. The minimum atomic E-state index is 0.393. The predicted octanol–water partition coefficient (Wildman–Crippen LogP) is 3.73. The molecular weight excluding hydrogens is 246 g/mol. The summed E-state index contributed by atoms with van der Waals surface area (Å²) in [5.41, 5.74) is 2.63. The van der Waals surface area contributed by atoms with Crippen molar-refractivity contribution >= 4 is 11.6 Å². The van der Waals surface area contributed by atoms with Crippen molar-refractivity contribution in [1.82, 2.24) is 5.32 Å². The molecule has 18 heavy (non-hydrogen) atoms. The number of hydrogen-bond acceptors (Lipinski definition) is 2. The minimum absolute atomic E-state index is 0.393. The zero-order chi connectivity index (χ0) is 13.0. The molecule has 0 bridgehead atoms. The molecule has 0 saturated carbocycles. The third-order valence-corrected chi connectivity index (χ3v) is 3.85. The number of nitrogens with one attached hydrogen (secondary N) is 1. The van der Waals surface area contributed by atoms with Crippen molar-refractivity contribution in [2.45, 2.75) is 32.7 Å². The molecule has 1 saturated heterocycles. The summed E-state index contributed by atoms with van der Waals surface area (Å²) in [4.78, 5) is 0. The van der Waals surface area contributed by atoms with E-state index in [2.05, 4.69) is 25.2 Å². The molecule has 100 valence electrons. The smallest absolute Gasteiger partial charge is 0.0513 e. The molecule has 2 unspecified atom stereocenters. The number of halogens is 1. The van der Waals surface area contributed by atoms with Gasteiger partial charge in [0, 0.05) is 23.6 Å². The monoisotopic (exact) mass is 267 g/mol. The van der Waals surface area contributed by atoms with Gasteiger partial charge in [-0.3, -0.25) is 0 Å². The molecule has 1 aliphatic heterocycles. The maximum Gasteiger partial charge on any atom is 0.0513 e. The summed E-state index contributed by atoms with van der Waals surface area (Å²) in [5.74, 6) is 0.580. The van der Waals surface area contributed by atoms with Gasteiger partial charge in [-0.15, -0.1) is 0 Å². The summed E-state index contributed by atoms with van der Waals surface area (Å²) in [6.45, 7) is 7.13. The lowest BCUT2D eigenvalue weighted by Crippen LogP contribution is -2.30. The normalized spacial score (nSPS) is 21.2. The van der Waals surface area contributed by atoms with Crippen LogP contribution in [-0.2, 0) is 4.74 Å². The van der Waals surface area contributed by atoms with Gasteiger partial charge in [0.1, 0.15) is 0 Å². The highest BCUT2D eigenvalue weighted by Gasteiger charge is 2.27. The van der Waals surface area contributed by atoms with Crippen LogP contribution in [0, 0.1) is 12.8 Å². The predicted molar refractivity (Wildman–Crippen MR) is 76.1 cm³/mol. The fraction of sp³-hybridized carbons (Fsp3) is 0.600. The van der Waals surface area contributed by atoms with E-state index in [1.807, 2.05) is 12.1 Å². The molecule has 1 N–H and O–H groups in total. The Morgan fingerprint density at radius 1 is 1.50 bits per heavy atom. The molecule has 0 aliphatic carbocycles. The van der Waals surface area contributed by atoms with E-state index in [4.69, 9.17) is 16.3 Å². The fourth-order valence-corrected chi connectivity index (χ4v) is 2.86. The van der Waals surface area contributed by atoms with Crippen LogP contribution in [0.1, 0.15) is 36.9 Å². The van der Waals surface area contributed by atoms with Gasteiger partial charge in [0.25, 0.3) is 0 Å². The Kier molecular flexibility index (Phi) is 5.04. The fourth-order valence-electron chi connectivity index (χ4n) is 2.63. The van der Waals surface area contributed by atoms with Crippen molar-refractivity contribution in [3.63, 3.8) is 0 Å². The van der Waals surface area contributed by atoms with Crippen LogP contribution < -0.4 is 5.32 Å². The van der Waals surface area contributed by atoms with E-state index in [1.54, 1.807) is 0 Å². The lowest BCUT2D eigenvalue weighted by molar-refractivity contribution is 0.176. The third kappa shape index (κ3) is 3.25. The van der Waals surface area contributed by atoms with E-state index in [-0.39, 0.29) is 0 Å². The second-order valence-electron chi connectivity index (χ2n) is 5.06. The number of benzene rings is 1. The maximum absolute atomic E-state index is 6.04. The van der Waals surface area contributed by atoms with Gasteiger partial charge in [-0.1, -0.05) is 24.6 Å². The Balaban J connectivity index is 2.20. The van der Waals surface area contributed by atoms with Gasteiger partial charge in [-0.05, 0) is 49.6 Å². The molecule has 0 spiro atoms. The van der Waals surface area contributed by atoms with Gasteiger partial charge in [0.05, 0.1) is 6.61 Å². The highest BCUT2D eigenvalue weighted by Crippen LogP contribution is 2.31. The van der Waals surface area contributed by atoms with Crippen LogP contribution in [0.2, 0.25) is 5.02 Å². The maximum atomic E-state index is 6.04. The number of aryl methyl sites for hydroxylation is 1. The molecule has 2 rings (SSSR count). The Hall–Kier alpha value is -0.570. The summed E-state index contributed by atoms with van der Waals surface area (Å²) < 4.78 is 5.54. The Bertz CT molecular complexity index is 388. The molecule has 3 heteroatoms. The standard InChI is InChI=1S/C15H22ClNO/c1-3-7-17-15(12-6-8-18-10-12)14-5-4-13(16)9-11(14)2/h4-5,9,12,15,17H,3,6-8,10H2,1-2H3. The first-order valence-electron chi connectivity index (χ1n) is 6.79. The molecule has 2 nitrogen and oxygen atoms in total. The molecule has 1 aromatic rings. The molecule has 0 aromatic heterocycles. The SMILES string of the molecule is CCCNC(c1ccc(Cl)cc1C)C1CCOC1. The van der Waals surface area contributed by atoms with E-state index in [1.165, 1.54) is 11.1 Å². The average Bonchev–Trinajstić information content (AvgIpc) is 2.85. The van der Waals surface area contributed by atoms with Crippen LogP contribution in [-0.4, -0.2) is 19.8 Å². The van der Waals surface area contributed by atoms with Crippen LogP contribution >= 0.6 is 11.6 Å². The van der Waals surface area contributed by atoms with E-state index in [0.717, 1.165) is 37.6 Å². The zero-order valence-electron chi connectivity index (χ0n) is 11.2.